The van der Waals surface area contributed by atoms with Crippen LogP contribution < -0.4 is 10.9 Å². The molecule has 0 bridgehead atoms. The van der Waals surface area contributed by atoms with Crippen LogP contribution >= 0.6 is 24.8 Å². The van der Waals surface area contributed by atoms with E-state index in [9.17, 15) is 4.79 Å². The predicted molar refractivity (Wildman–Crippen MR) is 113 cm³/mol. The maximum absolute atomic E-state index is 11.2. The van der Waals surface area contributed by atoms with Crippen LogP contribution in [0.5, 0.6) is 0 Å². The lowest BCUT2D eigenvalue weighted by Crippen LogP contribution is -2.54. The molecule has 7 heteroatoms. The molecule has 3 saturated heterocycles. The van der Waals surface area contributed by atoms with Gasteiger partial charge >= 0.3 is 0 Å². The van der Waals surface area contributed by atoms with E-state index in [1.54, 1.807) is 6.07 Å². The summed E-state index contributed by atoms with van der Waals surface area (Å²) in [4.78, 5) is 16.7. The third kappa shape index (κ3) is 5.70. The Morgan fingerprint density at radius 3 is 2.52 bits per heavy atom. The van der Waals surface area contributed by atoms with Crippen molar-refractivity contribution in [1.29, 1.82) is 0 Å². The second-order valence-corrected chi connectivity index (χ2v) is 8.17. The van der Waals surface area contributed by atoms with Crippen LogP contribution in [-0.2, 0) is 11.2 Å². The van der Waals surface area contributed by atoms with Gasteiger partial charge < -0.3 is 19.9 Å². The number of piperidine rings is 2. The number of nitrogens with zero attached hydrogens (tertiary/aromatic N) is 1. The first kappa shape index (κ1) is 22.7. The lowest BCUT2D eigenvalue weighted by Gasteiger charge is -2.48. The summed E-state index contributed by atoms with van der Waals surface area (Å²) in [5.74, 6) is 0.745. The lowest BCUT2D eigenvalue weighted by atomic mass is 9.81. The zero-order valence-electron chi connectivity index (χ0n) is 16.0. The van der Waals surface area contributed by atoms with Crippen molar-refractivity contribution in [3.63, 3.8) is 0 Å². The molecule has 27 heavy (non-hydrogen) atoms. The van der Waals surface area contributed by atoms with Crippen molar-refractivity contribution in [3.05, 3.63) is 34.2 Å². The number of ether oxygens (including phenoxy) is 1. The van der Waals surface area contributed by atoms with Crippen LogP contribution in [0.3, 0.4) is 0 Å². The number of likely N-dealkylation sites (tertiary alicyclic amines) is 1. The topological polar surface area (TPSA) is 57.4 Å². The molecule has 0 radical (unpaired) electrons. The average molecular weight is 418 g/mol. The highest BCUT2D eigenvalue weighted by molar-refractivity contribution is 5.85. The Morgan fingerprint density at radius 2 is 1.85 bits per heavy atom. The molecule has 154 valence electrons. The molecule has 0 aliphatic carbocycles. The minimum absolute atomic E-state index is 0. The van der Waals surface area contributed by atoms with Gasteiger partial charge in [-0.05, 0) is 82.6 Å². The van der Waals surface area contributed by atoms with Crippen LogP contribution in [0.2, 0.25) is 0 Å². The molecule has 3 aliphatic rings. The van der Waals surface area contributed by atoms with E-state index >= 15 is 0 Å². The lowest BCUT2D eigenvalue weighted by molar-refractivity contribution is -0.123. The van der Waals surface area contributed by atoms with Crippen molar-refractivity contribution in [2.75, 3.05) is 32.8 Å². The summed E-state index contributed by atoms with van der Waals surface area (Å²) in [6, 6.07) is 4.33. The van der Waals surface area contributed by atoms with Crippen molar-refractivity contribution < 1.29 is 4.74 Å². The first-order valence-electron chi connectivity index (χ1n) is 9.99. The monoisotopic (exact) mass is 417 g/mol. The Labute approximate surface area is 174 Å². The molecule has 5 nitrogen and oxygen atoms in total. The van der Waals surface area contributed by atoms with Crippen LogP contribution in [-0.4, -0.2) is 54.3 Å². The Bertz CT molecular complexity index is 600. The van der Waals surface area contributed by atoms with Crippen LogP contribution in [0.25, 0.3) is 0 Å². The summed E-state index contributed by atoms with van der Waals surface area (Å²) < 4.78 is 6.24. The molecule has 1 unspecified atom stereocenters. The fourth-order valence-corrected chi connectivity index (χ4v) is 4.97. The fraction of sp³-hybridized carbons (Fsp3) is 0.750. The minimum atomic E-state index is -0.00933. The SMILES string of the molecule is Cl.Cl.O=c1ccc(CC2CCN(C3CCOC4(CCNCC4)C3)CC2)c[nH]1. The molecule has 1 atom stereocenters. The summed E-state index contributed by atoms with van der Waals surface area (Å²) in [5, 5.41) is 3.47. The van der Waals surface area contributed by atoms with E-state index in [2.05, 4.69) is 15.2 Å². The van der Waals surface area contributed by atoms with E-state index in [0.717, 1.165) is 32.0 Å². The van der Waals surface area contributed by atoms with Gasteiger partial charge in [0.05, 0.1) is 5.60 Å². The third-order valence-electron chi connectivity index (χ3n) is 6.52. The van der Waals surface area contributed by atoms with Crippen molar-refractivity contribution in [3.8, 4) is 0 Å². The van der Waals surface area contributed by atoms with Gasteiger partial charge in [0.1, 0.15) is 0 Å². The molecule has 1 spiro atoms. The van der Waals surface area contributed by atoms with Gasteiger partial charge in [0.2, 0.25) is 5.56 Å². The molecule has 3 fully saturated rings. The molecule has 4 rings (SSSR count). The molecule has 1 aromatic rings. The Balaban J connectivity index is 0.00000131. The van der Waals surface area contributed by atoms with Crippen LogP contribution in [0, 0.1) is 5.92 Å². The minimum Gasteiger partial charge on any atom is -0.375 e. The van der Waals surface area contributed by atoms with Crippen LogP contribution in [0.15, 0.2) is 23.1 Å². The van der Waals surface area contributed by atoms with E-state index in [-0.39, 0.29) is 36.0 Å². The van der Waals surface area contributed by atoms with Gasteiger partial charge in [-0.1, -0.05) is 6.07 Å². The number of hydrogen-bond donors (Lipinski definition) is 2. The predicted octanol–water partition coefficient (Wildman–Crippen LogP) is 2.77. The number of hydrogen-bond acceptors (Lipinski definition) is 4. The molecular weight excluding hydrogens is 385 g/mol. The summed E-state index contributed by atoms with van der Waals surface area (Å²) in [7, 11) is 0. The highest BCUT2D eigenvalue weighted by Crippen LogP contribution is 2.36. The van der Waals surface area contributed by atoms with Crippen LogP contribution in [0.4, 0.5) is 0 Å². The summed E-state index contributed by atoms with van der Waals surface area (Å²) >= 11 is 0. The van der Waals surface area contributed by atoms with Gasteiger partial charge in [-0.25, -0.2) is 0 Å². The van der Waals surface area contributed by atoms with Gasteiger partial charge in [0.25, 0.3) is 0 Å². The normalized spacial score (nSPS) is 26.1. The molecule has 3 aliphatic heterocycles. The number of aromatic nitrogens is 1. The number of aromatic amines is 1. The van der Waals surface area contributed by atoms with Crippen LogP contribution in [0.1, 0.15) is 44.1 Å². The van der Waals surface area contributed by atoms with E-state index in [0.29, 0.717) is 6.04 Å². The molecule has 0 saturated carbocycles. The van der Waals surface area contributed by atoms with E-state index < -0.39 is 0 Å². The van der Waals surface area contributed by atoms with E-state index in [4.69, 9.17) is 4.74 Å². The molecule has 0 amide bonds. The first-order valence-corrected chi connectivity index (χ1v) is 9.99. The van der Waals surface area contributed by atoms with Crippen molar-refractivity contribution >= 4 is 24.8 Å². The van der Waals surface area contributed by atoms with Gasteiger partial charge in [-0.15, -0.1) is 24.8 Å². The van der Waals surface area contributed by atoms with Gasteiger partial charge in [0, 0.05) is 24.9 Å². The summed E-state index contributed by atoms with van der Waals surface area (Å²) in [6.45, 7) is 5.57. The second kappa shape index (κ2) is 10.3. The smallest absolute Gasteiger partial charge is 0.247 e. The molecule has 4 heterocycles. The van der Waals surface area contributed by atoms with E-state index in [1.807, 2.05) is 12.3 Å². The Hall–Kier alpha value is -0.590. The summed E-state index contributed by atoms with van der Waals surface area (Å²) in [5.41, 5.74) is 1.41. The highest BCUT2D eigenvalue weighted by atomic mass is 35.5. The van der Waals surface area contributed by atoms with Gasteiger partial charge in [0.15, 0.2) is 0 Å². The molecule has 1 aromatic heterocycles. The number of rotatable bonds is 3. The molecule has 0 aromatic carbocycles. The number of nitrogens with one attached hydrogen (secondary N) is 2. The van der Waals surface area contributed by atoms with Crippen molar-refractivity contribution in [1.82, 2.24) is 15.2 Å². The Kier molecular flexibility index (Phi) is 8.63. The average Bonchev–Trinajstić information content (AvgIpc) is 2.65. The molecular formula is C20H33Cl2N3O2. The number of halogens is 2. The highest BCUT2D eigenvalue weighted by Gasteiger charge is 2.40. The maximum Gasteiger partial charge on any atom is 0.247 e. The standard InChI is InChI=1S/C20H31N3O2.2ClH/c24-19-2-1-17(15-22-19)13-16-3-10-23(11-4-16)18-5-12-25-20(14-18)6-8-21-9-7-20;;/h1-2,15-16,18,21H,3-14H2,(H,22,24);2*1H. The first-order chi connectivity index (χ1) is 12.2. The fourth-order valence-electron chi connectivity index (χ4n) is 4.97. The third-order valence-corrected chi connectivity index (χ3v) is 6.52. The Morgan fingerprint density at radius 1 is 1.11 bits per heavy atom. The van der Waals surface area contributed by atoms with Gasteiger partial charge in [-0.2, -0.15) is 0 Å². The zero-order chi connectivity index (χ0) is 17.1. The molecule has 2 N–H and O–H groups in total. The summed E-state index contributed by atoms with van der Waals surface area (Å²) in [6.07, 6.45) is 10.3. The van der Waals surface area contributed by atoms with Crippen molar-refractivity contribution in [2.24, 2.45) is 5.92 Å². The maximum atomic E-state index is 11.2. The second-order valence-electron chi connectivity index (χ2n) is 8.17. The van der Waals surface area contributed by atoms with E-state index in [1.165, 1.54) is 57.2 Å². The largest absolute Gasteiger partial charge is 0.375 e. The zero-order valence-corrected chi connectivity index (χ0v) is 17.6. The quantitative estimate of drug-likeness (QED) is 0.793. The van der Waals surface area contributed by atoms with Gasteiger partial charge in [-0.3, -0.25) is 4.79 Å². The number of H-pyrrole nitrogens is 1. The number of pyridine rings is 1. The van der Waals surface area contributed by atoms with Crippen molar-refractivity contribution in [2.45, 2.75) is 56.6 Å².